The van der Waals surface area contributed by atoms with Crippen LogP contribution in [0, 0.1) is 6.92 Å². The number of hydrogen-bond acceptors (Lipinski definition) is 5. The molecule has 0 fully saturated rings. The molecule has 3 aromatic rings. The Kier molecular flexibility index (Phi) is 2.60. The summed E-state index contributed by atoms with van der Waals surface area (Å²) in [6.45, 7) is 1.96. The molecule has 0 unspecified atom stereocenters. The Morgan fingerprint density at radius 3 is 2.94 bits per heavy atom. The van der Waals surface area contributed by atoms with Crippen LogP contribution >= 0.6 is 11.3 Å². The first-order valence-electron chi connectivity index (χ1n) is 5.47. The number of aryl methyl sites for hydroxylation is 1. The average molecular weight is 257 g/mol. The summed E-state index contributed by atoms with van der Waals surface area (Å²) in [6.07, 6.45) is 1.50. The SMILES string of the molecule is Cc1cccc(N)c1Oc1ncnc2sccc12. The number of anilines is 1. The minimum Gasteiger partial charge on any atom is -0.436 e. The fourth-order valence-corrected chi connectivity index (χ4v) is 2.48. The fourth-order valence-electron chi connectivity index (χ4n) is 1.76. The van der Waals surface area contributed by atoms with Crippen LogP contribution in [0.2, 0.25) is 0 Å². The van der Waals surface area contributed by atoms with Gasteiger partial charge in [0.1, 0.15) is 11.2 Å². The van der Waals surface area contributed by atoms with Gasteiger partial charge in [0.2, 0.25) is 5.88 Å². The van der Waals surface area contributed by atoms with Crippen molar-refractivity contribution >= 4 is 27.2 Å². The second-order valence-electron chi connectivity index (χ2n) is 3.91. The Hall–Kier alpha value is -2.14. The van der Waals surface area contributed by atoms with Gasteiger partial charge < -0.3 is 10.5 Å². The van der Waals surface area contributed by atoms with E-state index in [0.717, 1.165) is 15.8 Å². The first kappa shape index (κ1) is 11.0. The highest BCUT2D eigenvalue weighted by molar-refractivity contribution is 7.16. The van der Waals surface area contributed by atoms with Crippen LogP contribution in [0.1, 0.15) is 5.56 Å². The van der Waals surface area contributed by atoms with Crippen LogP contribution in [0.15, 0.2) is 36.0 Å². The molecule has 3 rings (SSSR count). The van der Waals surface area contributed by atoms with Gasteiger partial charge in [0.05, 0.1) is 11.1 Å². The average Bonchev–Trinajstić information content (AvgIpc) is 2.83. The van der Waals surface area contributed by atoms with Crippen molar-refractivity contribution < 1.29 is 4.74 Å². The molecule has 2 aromatic heterocycles. The predicted molar refractivity (Wildman–Crippen MR) is 73.1 cm³/mol. The van der Waals surface area contributed by atoms with Crippen molar-refractivity contribution in [2.24, 2.45) is 0 Å². The third kappa shape index (κ3) is 1.78. The van der Waals surface area contributed by atoms with Gasteiger partial charge in [-0.3, -0.25) is 0 Å². The fraction of sp³-hybridized carbons (Fsp3) is 0.0769. The van der Waals surface area contributed by atoms with E-state index in [2.05, 4.69) is 9.97 Å². The van der Waals surface area contributed by atoms with E-state index in [1.54, 1.807) is 11.3 Å². The number of hydrogen-bond donors (Lipinski definition) is 1. The molecule has 0 spiro atoms. The van der Waals surface area contributed by atoms with Crippen LogP contribution in [0.3, 0.4) is 0 Å². The van der Waals surface area contributed by atoms with Gasteiger partial charge in [-0.05, 0) is 30.0 Å². The summed E-state index contributed by atoms with van der Waals surface area (Å²) in [5.41, 5.74) is 7.51. The maximum absolute atomic E-state index is 5.92. The number of nitrogens with two attached hydrogens (primary N) is 1. The van der Waals surface area contributed by atoms with E-state index in [0.29, 0.717) is 17.3 Å². The highest BCUT2D eigenvalue weighted by Crippen LogP contribution is 2.34. The normalized spacial score (nSPS) is 10.7. The van der Waals surface area contributed by atoms with Crippen molar-refractivity contribution in [3.8, 4) is 11.6 Å². The lowest BCUT2D eigenvalue weighted by molar-refractivity contribution is 0.467. The van der Waals surface area contributed by atoms with Crippen LogP contribution in [-0.2, 0) is 0 Å². The van der Waals surface area contributed by atoms with Crippen molar-refractivity contribution in [2.75, 3.05) is 5.73 Å². The zero-order valence-corrected chi connectivity index (χ0v) is 10.6. The molecule has 4 nitrogen and oxygen atoms in total. The molecule has 0 radical (unpaired) electrons. The number of nitrogen functional groups attached to an aromatic ring is 1. The van der Waals surface area contributed by atoms with Gasteiger partial charge in [-0.15, -0.1) is 11.3 Å². The van der Waals surface area contributed by atoms with Gasteiger partial charge in [-0.25, -0.2) is 9.97 Å². The molecule has 2 N–H and O–H groups in total. The molecule has 90 valence electrons. The highest BCUT2D eigenvalue weighted by Gasteiger charge is 2.10. The monoisotopic (exact) mass is 257 g/mol. The van der Waals surface area contributed by atoms with Crippen molar-refractivity contribution in [3.05, 3.63) is 41.5 Å². The maximum Gasteiger partial charge on any atom is 0.231 e. The lowest BCUT2D eigenvalue weighted by Gasteiger charge is -2.10. The molecule has 18 heavy (non-hydrogen) atoms. The molecule has 0 aliphatic heterocycles. The number of rotatable bonds is 2. The van der Waals surface area contributed by atoms with E-state index >= 15 is 0 Å². The van der Waals surface area contributed by atoms with Gasteiger partial charge in [-0.2, -0.15) is 0 Å². The first-order chi connectivity index (χ1) is 8.75. The van der Waals surface area contributed by atoms with Crippen LogP contribution in [0.25, 0.3) is 10.2 Å². The number of ether oxygens (including phenoxy) is 1. The Balaban J connectivity index is 2.09. The third-order valence-corrected chi connectivity index (χ3v) is 3.49. The second kappa shape index (κ2) is 4.27. The number of aromatic nitrogens is 2. The summed E-state index contributed by atoms with van der Waals surface area (Å²) >= 11 is 1.56. The molecule has 0 saturated heterocycles. The van der Waals surface area contributed by atoms with E-state index in [1.165, 1.54) is 6.33 Å². The lowest BCUT2D eigenvalue weighted by Crippen LogP contribution is -1.96. The summed E-state index contributed by atoms with van der Waals surface area (Å²) in [4.78, 5) is 9.27. The molecule has 0 amide bonds. The molecular weight excluding hydrogens is 246 g/mol. The third-order valence-electron chi connectivity index (χ3n) is 2.67. The number of thiophene rings is 1. The lowest BCUT2D eigenvalue weighted by atomic mass is 10.2. The van der Waals surface area contributed by atoms with Crippen molar-refractivity contribution in [2.45, 2.75) is 6.92 Å². The summed E-state index contributed by atoms with van der Waals surface area (Å²) in [6, 6.07) is 7.62. The molecule has 0 saturated carbocycles. The highest BCUT2D eigenvalue weighted by atomic mass is 32.1. The topological polar surface area (TPSA) is 61.0 Å². The van der Waals surface area contributed by atoms with Crippen molar-refractivity contribution in [1.82, 2.24) is 9.97 Å². The van der Waals surface area contributed by atoms with E-state index in [1.807, 2.05) is 36.6 Å². The Bertz CT molecular complexity index is 688. The zero-order valence-electron chi connectivity index (χ0n) is 9.75. The van der Waals surface area contributed by atoms with Gasteiger partial charge in [0, 0.05) is 0 Å². The van der Waals surface area contributed by atoms with Crippen LogP contribution in [-0.4, -0.2) is 9.97 Å². The molecule has 0 aliphatic carbocycles. The van der Waals surface area contributed by atoms with Gasteiger partial charge >= 0.3 is 0 Å². The number of para-hydroxylation sites is 1. The maximum atomic E-state index is 5.92. The van der Waals surface area contributed by atoms with Crippen LogP contribution in [0.4, 0.5) is 5.69 Å². The number of benzene rings is 1. The molecule has 0 atom stereocenters. The first-order valence-corrected chi connectivity index (χ1v) is 6.35. The zero-order chi connectivity index (χ0) is 12.5. The van der Waals surface area contributed by atoms with Crippen LogP contribution in [0.5, 0.6) is 11.6 Å². The van der Waals surface area contributed by atoms with E-state index < -0.39 is 0 Å². The number of nitrogens with zero attached hydrogens (tertiary/aromatic N) is 2. The summed E-state index contributed by atoms with van der Waals surface area (Å²) < 4.78 is 5.84. The van der Waals surface area contributed by atoms with E-state index in [9.17, 15) is 0 Å². The van der Waals surface area contributed by atoms with Crippen LogP contribution < -0.4 is 10.5 Å². The number of fused-ring (bicyclic) bond motifs is 1. The van der Waals surface area contributed by atoms with Gasteiger partial charge in [0.15, 0.2) is 5.75 Å². The van der Waals surface area contributed by atoms with Gasteiger partial charge in [-0.1, -0.05) is 12.1 Å². The standard InChI is InChI=1S/C13H11N3OS/c1-8-3-2-4-10(14)11(8)17-12-9-5-6-18-13(9)16-7-15-12/h2-7H,14H2,1H3. The Morgan fingerprint density at radius 1 is 1.22 bits per heavy atom. The second-order valence-corrected chi connectivity index (χ2v) is 4.81. The quantitative estimate of drug-likeness (QED) is 0.715. The molecule has 5 heteroatoms. The van der Waals surface area contributed by atoms with E-state index in [-0.39, 0.29) is 0 Å². The summed E-state index contributed by atoms with van der Waals surface area (Å²) in [5, 5.41) is 2.87. The Labute approximate surface area is 108 Å². The molecule has 1 aromatic carbocycles. The predicted octanol–water partition coefficient (Wildman–Crippen LogP) is 3.37. The van der Waals surface area contributed by atoms with E-state index in [4.69, 9.17) is 10.5 Å². The molecule has 0 bridgehead atoms. The summed E-state index contributed by atoms with van der Waals surface area (Å²) in [7, 11) is 0. The van der Waals surface area contributed by atoms with Gasteiger partial charge in [0.25, 0.3) is 0 Å². The van der Waals surface area contributed by atoms with Crippen molar-refractivity contribution in [1.29, 1.82) is 0 Å². The smallest absolute Gasteiger partial charge is 0.231 e. The summed E-state index contributed by atoms with van der Waals surface area (Å²) in [5.74, 6) is 1.20. The Morgan fingerprint density at radius 2 is 2.11 bits per heavy atom. The minimum atomic E-state index is 0.544. The molecular formula is C13H11N3OS. The molecule has 2 heterocycles. The van der Waals surface area contributed by atoms with Crippen molar-refractivity contribution in [3.63, 3.8) is 0 Å². The minimum absolute atomic E-state index is 0.544. The largest absolute Gasteiger partial charge is 0.436 e. The molecule has 0 aliphatic rings.